The minimum absolute atomic E-state index is 0.157. The zero-order chi connectivity index (χ0) is 20.0. The molecule has 1 amide bonds. The van der Waals surface area contributed by atoms with Crippen LogP contribution in [0.2, 0.25) is 0 Å². The van der Waals surface area contributed by atoms with E-state index in [9.17, 15) is 19.2 Å². The fourth-order valence-electron chi connectivity index (χ4n) is 2.42. The molecule has 1 heterocycles. The Morgan fingerprint density at radius 2 is 1.93 bits per heavy atom. The van der Waals surface area contributed by atoms with Gasteiger partial charge in [-0.2, -0.15) is 0 Å². The summed E-state index contributed by atoms with van der Waals surface area (Å²) in [7, 11) is 1.23. The highest BCUT2D eigenvalue weighted by molar-refractivity contribution is 5.91. The van der Waals surface area contributed by atoms with Crippen molar-refractivity contribution in [3.05, 3.63) is 46.3 Å². The average molecular weight is 375 g/mol. The summed E-state index contributed by atoms with van der Waals surface area (Å²) in [5, 5.41) is 2.82. The van der Waals surface area contributed by atoms with Crippen molar-refractivity contribution in [1.82, 2.24) is 5.32 Å². The van der Waals surface area contributed by atoms with Gasteiger partial charge in [-0.15, -0.1) is 0 Å². The molecule has 0 aliphatic carbocycles. The maximum Gasteiger partial charge on any atom is 0.374 e. The minimum atomic E-state index is -0.953. The number of ether oxygens (including phenoxy) is 2. The molecule has 0 aliphatic rings. The molecule has 0 unspecified atom stereocenters. The SMILES string of the molecule is CC[C@@H](C)[C@@H](NC(=O)COC(=O)c1cc(=O)c2ccccc2o1)C(=O)OC. The monoisotopic (exact) mass is 375 g/mol. The van der Waals surface area contributed by atoms with E-state index < -0.39 is 35.9 Å². The summed E-state index contributed by atoms with van der Waals surface area (Å²) in [5.74, 6) is -2.66. The predicted molar refractivity (Wildman–Crippen MR) is 96.2 cm³/mol. The van der Waals surface area contributed by atoms with Gasteiger partial charge in [0.15, 0.2) is 12.0 Å². The van der Waals surface area contributed by atoms with E-state index in [0.717, 1.165) is 6.07 Å². The lowest BCUT2D eigenvalue weighted by Crippen LogP contribution is -2.47. The van der Waals surface area contributed by atoms with Gasteiger partial charge in [0.05, 0.1) is 12.5 Å². The Kier molecular flexibility index (Phi) is 6.70. The number of benzene rings is 1. The molecule has 2 atom stereocenters. The van der Waals surface area contributed by atoms with E-state index in [-0.39, 0.29) is 17.3 Å². The van der Waals surface area contributed by atoms with Crippen molar-refractivity contribution in [3.8, 4) is 0 Å². The third-order valence-corrected chi connectivity index (χ3v) is 4.15. The van der Waals surface area contributed by atoms with E-state index >= 15 is 0 Å². The number of amides is 1. The lowest BCUT2D eigenvalue weighted by molar-refractivity contribution is -0.147. The number of hydrogen-bond donors (Lipinski definition) is 1. The smallest absolute Gasteiger partial charge is 0.374 e. The van der Waals surface area contributed by atoms with Crippen LogP contribution in [-0.4, -0.2) is 37.6 Å². The number of para-hydroxylation sites is 1. The lowest BCUT2D eigenvalue weighted by atomic mass is 9.99. The number of carbonyl (C=O) groups excluding carboxylic acids is 3. The standard InChI is InChI=1S/C19H21NO7/c1-4-11(2)17(19(24)25-3)20-16(22)10-26-18(23)15-9-13(21)12-7-5-6-8-14(12)27-15/h5-9,11,17H,4,10H2,1-3H3,(H,20,22)/t11-,17-/m1/s1. The number of esters is 2. The number of rotatable bonds is 7. The van der Waals surface area contributed by atoms with Crippen molar-refractivity contribution in [2.24, 2.45) is 5.92 Å². The van der Waals surface area contributed by atoms with Gasteiger partial charge in [-0.05, 0) is 18.1 Å². The van der Waals surface area contributed by atoms with Crippen molar-refractivity contribution in [2.45, 2.75) is 26.3 Å². The normalized spacial score (nSPS) is 12.9. The molecule has 1 N–H and O–H groups in total. The number of carbonyl (C=O) groups is 3. The number of hydrogen-bond acceptors (Lipinski definition) is 7. The molecular formula is C19H21NO7. The molecule has 0 bridgehead atoms. The second-order valence-electron chi connectivity index (χ2n) is 6.00. The van der Waals surface area contributed by atoms with Crippen molar-refractivity contribution in [2.75, 3.05) is 13.7 Å². The topological polar surface area (TPSA) is 112 Å². The maximum absolute atomic E-state index is 12.1. The van der Waals surface area contributed by atoms with E-state index in [1.165, 1.54) is 7.11 Å². The van der Waals surface area contributed by atoms with E-state index in [0.29, 0.717) is 11.8 Å². The van der Waals surface area contributed by atoms with Crippen LogP contribution in [0.3, 0.4) is 0 Å². The number of nitrogens with one attached hydrogen (secondary N) is 1. The van der Waals surface area contributed by atoms with E-state index in [2.05, 4.69) is 10.1 Å². The van der Waals surface area contributed by atoms with Crippen LogP contribution in [0.4, 0.5) is 0 Å². The first-order chi connectivity index (χ1) is 12.9. The van der Waals surface area contributed by atoms with Crippen molar-refractivity contribution in [3.63, 3.8) is 0 Å². The molecule has 144 valence electrons. The largest absolute Gasteiger partial charge is 0.467 e. The van der Waals surface area contributed by atoms with Crippen LogP contribution in [0, 0.1) is 5.92 Å². The molecule has 27 heavy (non-hydrogen) atoms. The van der Waals surface area contributed by atoms with Crippen LogP contribution in [-0.2, 0) is 19.1 Å². The van der Waals surface area contributed by atoms with Crippen LogP contribution in [0.15, 0.2) is 39.5 Å². The molecular weight excluding hydrogens is 354 g/mol. The average Bonchev–Trinajstić information content (AvgIpc) is 2.68. The fourth-order valence-corrected chi connectivity index (χ4v) is 2.42. The Labute approximate surface area is 155 Å². The maximum atomic E-state index is 12.1. The molecule has 8 heteroatoms. The van der Waals surface area contributed by atoms with Gasteiger partial charge in [-0.1, -0.05) is 32.4 Å². The molecule has 2 rings (SSSR count). The molecule has 0 saturated heterocycles. The van der Waals surface area contributed by atoms with Gasteiger partial charge in [0.25, 0.3) is 5.91 Å². The predicted octanol–water partition coefficient (Wildman–Crippen LogP) is 1.65. The Bertz CT molecular complexity index is 902. The first-order valence-electron chi connectivity index (χ1n) is 8.44. The summed E-state index contributed by atoms with van der Waals surface area (Å²) in [6.07, 6.45) is 0.641. The molecule has 0 fully saturated rings. The summed E-state index contributed by atoms with van der Waals surface area (Å²) in [6, 6.07) is 6.63. The summed E-state index contributed by atoms with van der Waals surface area (Å²) in [5.41, 5.74) is -0.153. The first kappa shape index (κ1) is 20.2. The molecule has 8 nitrogen and oxygen atoms in total. The summed E-state index contributed by atoms with van der Waals surface area (Å²) >= 11 is 0. The van der Waals surface area contributed by atoms with Crippen molar-refractivity contribution < 1.29 is 28.3 Å². The third-order valence-electron chi connectivity index (χ3n) is 4.15. The minimum Gasteiger partial charge on any atom is -0.467 e. The molecule has 0 radical (unpaired) electrons. The van der Waals surface area contributed by atoms with Gasteiger partial charge in [0, 0.05) is 6.07 Å². The van der Waals surface area contributed by atoms with Gasteiger partial charge in [0.2, 0.25) is 5.76 Å². The Morgan fingerprint density at radius 1 is 1.22 bits per heavy atom. The zero-order valence-electron chi connectivity index (χ0n) is 15.3. The summed E-state index contributed by atoms with van der Waals surface area (Å²) in [4.78, 5) is 47.9. The van der Waals surface area contributed by atoms with Gasteiger partial charge in [-0.3, -0.25) is 9.59 Å². The van der Waals surface area contributed by atoms with Gasteiger partial charge >= 0.3 is 11.9 Å². The van der Waals surface area contributed by atoms with E-state index in [1.54, 1.807) is 31.2 Å². The Balaban J connectivity index is 2.03. The highest BCUT2D eigenvalue weighted by Crippen LogP contribution is 2.13. The van der Waals surface area contributed by atoms with Crippen LogP contribution in [0.25, 0.3) is 11.0 Å². The second kappa shape index (κ2) is 8.98. The molecule has 0 aliphatic heterocycles. The Hall–Kier alpha value is -3.16. The lowest BCUT2D eigenvalue weighted by Gasteiger charge is -2.21. The van der Waals surface area contributed by atoms with Crippen LogP contribution >= 0.6 is 0 Å². The van der Waals surface area contributed by atoms with E-state index in [4.69, 9.17) is 9.15 Å². The summed E-state index contributed by atoms with van der Waals surface area (Å²) in [6.45, 7) is 3.03. The number of methoxy groups -OCH3 is 1. The fraction of sp³-hybridized carbons (Fsp3) is 0.368. The molecule has 0 spiro atoms. The first-order valence-corrected chi connectivity index (χ1v) is 8.44. The third kappa shape index (κ3) is 4.93. The summed E-state index contributed by atoms with van der Waals surface area (Å²) < 4.78 is 14.9. The highest BCUT2D eigenvalue weighted by Gasteiger charge is 2.27. The van der Waals surface area contributed by atoms with Crippen molar-refractivity contribution >= 4 is 28.8 Å². The van der Waals surface area contributed by atoms with Gasteiger partial charge < -0.3 is 19.2 Å². The van der Waals surface area contributed by atoms with Crippen LogP contribution in [0.5, 0.6) is 0 Å². The molecule has 1 aromatic carbocycles. The molecule has 0 saturated carbocycles. The second-order valence-corrected chi connectivity index (χ2v) is 6.00. The Morgan fingerprint density at radius 3 is 2.59 bits per heavy atom. The van der Waals surface area contributed by atoms with Crippen LogP contribution in [0.1, 0.15) is 30.8 Å². The quantitative estimate of drug-likeness (QED) is 0.732. The molecule has 1 aromatic heterocycles. The van der Waals surface area contributed by atoms with Crippen molar-refractivity contribution in [1.29, 1.82) is 0 Å². The number of fused-ring (bicyclic) bond motifs is 1. The molecule has 2 aromatic rings. The zero-order valence-corrected chi connectivity index (χ0v) is 15.3. The van der Waals surface area contributed by atoms with E-state index in [1.807, 2.05) is 6.92 Å². The highest BCUT2D eigenvalue weighted by atomic mass is 16.5. The van der Waals surface area contributed by atoms with Gasteiger partial charge in [0.1, 0.15) is 11.6 Å². The van der Waals surface area contributed by atoms with Crippen LogP contribution < -0.4 is 10.7 Å². The van der Waals surface area contributed by atoms with Gasteiger partial charge in [-0.25, -0.2) is 9.59 Å².